The summed E-state index contributed by atoms with van der Waals surface area (Å²) in [5.74, 6) is -0.622. The topological polar surface area (TPSA) is 68.2 Å². The highest BCUT2D eigenvalue weighted by Crippen LogP contribution is 2.12. The molecule has 98 valence electrons. The lowest BCUT2D eigenvalue weighted by Crippen LogP contribution is -2.31. The third-order valence-electron chi connectivity index (χ3n) is 1.78. The number of ether oxygens (including phenoxy) is 2. The molecule has 0 saturated heterocycles. The Morgan fingerprint density at radius 1 is 1.28 bits per heavy atom. The van der Waals surface area contributed by atoms with Crippen LogP contribution in [0.4, 0.5) is 4.79 Å². The van der Waals surface area contributed by atoms with E-state index in [1.165, 1.54) is 19.4 Å². The summed E-state index contributed by atoms with van der Waals surface area (Å²) < 4.78 is 9.69. The van der Waals surface area contributed by atoms with Gasteiger partial charge in [0.15, 0.2) is 5.71 Å². The Labute approximate surface area is 106 Å². The van der Waals surface area contributed by atoms with Crippen LogP contribution in [-0.4, -0.2) is 35.5 Å². The molecule has 0 bridgehead atoms. The van der Waals surface area contributed by atoms with Gasteiger partial charge in [0.25, 0.3) is 0 Å². The minimum atomic E-state index is -0.663. The summed E-state index contributed by atoms with van der Waals surface area (Å²) in [4.78, 5) is 23.2. The Hall–Kier alpha value is -2.11. The van der Waals surface area contributed by atoms with Crippen LogP contribution in [0.25, 0.3) is 0 Å². The molecule has 0 aliphatic carbocycles. The molecule has 0 fully saturated rings. The highest BCUT2D eigenvalue weighted by Gasteiger charge is 2.22. The molecule has 0 atom stereocenters. The van der Waals surface area contributed by atoms with Crippen molar-refractivity contribution in [1.82, 2.24) is 5.01 Å². The minimum absolute atomic E-state index is 0.0216. The Kier molecular flexibility index (Phi) is 4.25. The molecule has 0 saturated carbocycles. The molecule has 1 rings (SSSR count). The van der Waals surface area contributed by atoms with Gasteiger partial charge in [-0.1, -0.05) is 6.08 Å². The van der Waals surface area contributed by atoms with E-state index in [1.54, 1.807) is 32.9 Å². The van der Waals surface area contributed by atoms with Gasteiger partial charge >= 0.3 is 12.1 Å². The fourth-order valence-corrected chi connectivity index (χ4v) is 1.08. The summed E-state index contributed by atoms with van der Waals surface area (Å²) in [6.07, 6.45) is 5.35. The molecule has 1 aliphatic rings. The van der Waals surface area contributed by atoms with Gasteiger partial charge in [-0.15, -0.1) is 0 Å². The van der Waals surface area contributed by atoms with Gasteiger partial charge in [0.2, 0.25) is 0 Å². The van der Waals surface area contributed by atoms with E-state index in [2.05, 4.69) is 9.84 Å². The fraction of sp³-hybridized carbons (Fsp3) is 0.417. The smallest absolute Gasteiger partial charge is 0.435 e. The van der Waals surface area contributed by atoms with Gasteiger partial charge < -0.3 is 9.47 Å². The third kappa shape index (κ3) is 4.04. The lowest BCUT2D eigenvalue weighted by Gasteiger charge is -2.22. The van der Waals surface area contributed by atoms with Gasteiger partial charge in [-0.3, -0.25) is 0 Å². The van der Waals surface area contributed by atoms with E-state index in [1.807, 2.05) is 0 Å². The second-order valence-electron chi connectivity index (χ2n) is 4.50. The van der Waals surface area contributed by atoms with E-state index >= 15 is 0 Å². The van der Waals surface area contributed by atoms with E-state index in [0.717, 1.165) is 5.01 Å². The van der Waals surface area contributed by atoms with Crippen molar-refractivity contribution in [1.29, 1.82) is 0 Å². The van der Waals surface area contributed by atoms with E-state index in [4.69, 9.17) is 4.74 Å². The van der Waals surface area contributed by atoms with Crippen LogP contribution in [0.1, 0.15) is 20.8 Å². The van der Waals surface area contributed by atoms with Gasteiger partial charge in [-0.2, -0.15) is 10.1 Å². The molecule has 0 radical (unpaired) electrons. The van der Waals surface area contributed by atoms with Crippen LogP contribution in [0, 0.1) is 0 Å². The molecule has 1 aliphatic heterocycles. The number of carbonyl (C=O) groups excluding carboxylic acids is 2. The van der Waals surface area contributed by atoms with Crippen LogP contribution >= 0.6 is 0 Å². The maximum Gasteiger partial charge on any atom is 0.435 e. The van der Waals surface area contributed by atoms with E-state index in [9.17, 15) is 9.59 Å². The first-order chi connectivity index (χ1) is 8.33. The maximum atomic E-state index is 11.8. The second kappa shape index (κ2) is 5.48. The SMILES string of the molecule is COC(=O)C1=NN(C(=O)OC(C)(C)C)C=CC=C1. The van der Waals surface area contributed by atoms with Gasteiger partial charge in [0.1, 0.15) is 5.60 Å². The number of methoxy groups -OCH3 is 1. The predicted octanol–water partition coefficient (Wildman–Crippen LogP) is 1.84. The summed E-state index contributed by atoms with van der Waals surface area (Å²) in [7, 11) is 1.24. The standard InChI is InChI=1S/C12H16N2O4/c1-12(2,3)18-11(16)14-8-6-5-7-9(13-14)10(15)17-4/h5-8H,1-4H3. The molecule has 0 unspecified atom stereocenters. The minimum Gasteiger partial charge on any atom is -0.464 e. The van der Waals surface area contributed by atoms with Crippen LogP contribution in [0.2, 0.25) is 0 Å². The molecule has 1 amide bonds. The zero-order valence-corrected chi connectivity index (χ0v) is 10.8. The zero-order valence-electron chi connectivity index (χ0n) is 10.8. The van der Waals surface area contributed by atoms with Crippen LogP contribution in [-0.2, 0) is 14.3 Å². The maximum absolute atomic E-state index is 11.8. The number of hydrazone groups is 1. The van der Waals surface area contributed by atoms with Gasteiger partial charge in [-0.25, -0.2) is 9.59 Å². The van der Waals surface area contributed by atoms with Crippen molar-refractivity contribution in [3.8, 4) is 0 Å². The molecule has 0 spiro atoms. The molecule has 1 heterocycles. The van der Waals surface area contributed by atoms with Crippen molar-refractivity contribution >= 4 is 17.8 Å². The number of hydrogen-bond acceptors (Lipinski definition) is 5. The first-order valence-corrected chi connectivity index (χ1v) is 5.37. The van der Waals surface area contributed by atoms with Crippen molar-refractivity contribution in [2.24, 2.45) is 5.10 Å². The lowest BCUT2D eigenvalue weighted by molar-refractivity contribution is -0.132. The normalized spacial score (nSPS) is 14.9. The number of esters is 1. The van der Waals surface area contributed by atoms with E-state index in [0.29, 0.717) is 0 Å². The number of rotatable bonds is 1. The average Bonchev–Trinajstić information content (AvgIpc) is 2.51. The fourth-order valence-electron chi connectivity index (χ4n) is 1.08. The Balaban J connectivity index is 2.88. The van der Waals surface area contributed by atoms with Gasteiger partial charge in [0, 0.05) is 6.20 Å². The van der Waals surface area contributed by atoms with E-state index in [-0.39, 0.29) is 5.71 Å². The third-order valence-corrected chi connectivity index (χ3v) is 1.78. The molecule has 0 aromatic rings. The van der Waals surface area contributed by atoms with Gasteiger partial charge in [0.05, 0.1) is 7.11 Å². The molecule has 0 aromatic carbocycles. The summed E-state index contributed by atoms with van der Waals surface area (Å²) >= 11 is 0. The number of allylic oxidation sites excluding steroid dienone is 2. The Morgan fingerprint density at radius 2 is 1.94 bits per heavy atom. The Bertz CT molecular complexity index is 430. The number of nitrogens with zero attached hydrogens (tertiary/aromatic N) is 2. The monoisotopic (exact) mass is 252 g/mol. The molecule has 0 N–H and O–H groups in total. The highest BCUT2D eigenvalue weighted by atomic mass is 16.6. The number of carbonyl (C=O) groups is 2. The van der Waals surface area contributed by atoms with Crippen molar-refractivity contribution in [2.45, 2.75) is 26.4 Å². The summed E-state index contributed by atoms with van der Waals surface area (Å²) in [5, 5.41) is 4.81. The van der Waals surface area contributed by atoms with Gasteiger partial charge in [-0.05, 0) is 32.9 Å². The number of amides is 1. The van der Waals surface area contributed by atoms with Crippen molar-refractivity contribution in [3.05, 3.63) is 24.4 Å². The highest BCUT2D eigenvalue weighted by molar-refractivity contribution is 6.41. The molecule has 6 heteroatoms. The van der Waals surface area contributed by atoms with Crippen molar-refractivity contribution in [2.75, 3.05) is 7.11 Å². The molecular formula is C12H16N2O4. The summed E-state index contributed by atoms with van der Waals surface area (Å²) in [5.41, 5.74) is -0.612. The first kappa shape index (κ1) is 14.0. The molecule has 6 nitrogen and oxygen atoms in total. The quantitative estimate of drug-likeness (QED) is 0.668. The summed E-state index contributed by atoms with van der Waals surface area (Å²) in [6.45, 7) is 5.24. The lowest BCUT2D eigenvalue weighted by atomic mass is 10.2. The van der Waals surface area contributed by atoms with Crippen LogP contribution in [0.3, 0.4) is 0 Å². The first-order valence-electron chi connectivity index (χ1n) is 5.37. The largest absolute Gasteiger partial charge is 0.464 e. The van der Waals surface area contributed by atoms with Crippen LogP contribution in [0.5, 0.6) is 0 Å². The molecule has 0 aromatic heterocycles. The van der Waals surface area contributed by atoms with Crippen molar-refractivity contribution in [3.63, 3.8) is 0 Å². The zero-order chi connectivity index (χ0) is 13.8. The van der Waals surface area contributed by atoms with Crippen LogP contribution in [0.15, 0.2) is 29.5 Å². The van der Waals surface area contributed by atoms with Crippen molar-refractivity contribution < 1.29 is 19.1 Å². The van der Waals surface area contributed by atoms with Crippen LogP contribution < -0.4 is 0 Å². The molecular weight excluding hydrogens is 236 g/mol. The second-order valence-corrected chi connectivity index (χ2v) is 4.50. The van der Waals surface area contributed by atoms with E-state index < -0.39 is 17.7 Å². The predicted molar refractivity (Wildman–Crippen MR) is 65.8 cm³/mol. The molecule has 18 heavy (non-hydrogen) atoms. The Morgan fingerprint density at radius 3 is 2.50 bits per heavy atom. The number of hydrogen-bond donors (Lipinski definition) is 0. The average molecular weight is 252 g/mol. The summed E-state index contributed by atoms with van der Waals surface area (Å²) in [6, 6.07) is 0.